The van der Waals surface area contributed by atoms with Crippen molar-refractivity contribution in [2.75, 3.05) is 4.90 Å². The van der Waals surface area contributed by atoms with Gasteiger partial charge in [0.25, 0.3) is 0 Å². The van der Waals surface area contributed by atoms with Crippen molar-refractivity contribution in [3.05, 3.63) is 224 Å². The van der Waals surface area contributed by atoms with Crippen molar-refractivity contribution >= 4 is 60.7 Å². The third kappa shape index (κ3) is 5.67. The Hall–Kier alpha value is -7.62. The molecule has 0 fully saturated rings. The fourth-order valence-corrected chi connectivity index (χ4v) is 8.84. The Kier molecular flexibility index (Phi) is 8.04. The van der Waals surface area contributed by atoms with Gasteiger partial charge in [0, 0.05) is 50.0 Å². The summed E-state index contributed by atoms with van der Waals surface area (Å²) in [5.74, 6) is 0. The van der Waals surface area contributed by atoms with E-state index in [4.69, 9.17) is 0 Å². The van der Waals surface area contributed by atoms with E-state index in [1.165, 1.54) is 82.8 Å². The summed E-state index contributed by atoms with van der Waals surface area (Å²) in [4.78, 5) is 2.31. The van der Waals surface area contributed by atoms with Crippen LogP contribution in [0.1, 0.15) is 5.56 Å². The summed E-state index contributed by atoms with van der Waals surface area (Å²) < 4.78 is 4.80. The summed E-state index contributed by atoms with van der Waals surface area (Å²) in [6, 6.07) is 79.2. The number of benzene rings is 9. The highest BCUT2D eigenvalue weighted by Gasteiger charge is 2.18. The van der Waals surface area contributed by atoms with Gasteiger partial charge in [-0.15, -0.1) is 0 Å². The molecule has 0 N–H and O–H groups in total. The Morgan fingerprint density at radius 3 is 1.28 bits per heavy atom. The fourth-order valence-electron chi connectivity index (χ4n) is 8.84. The lowest BCUT2D eigenvalue weighted by Gasteiger charge is -2.25. The molecule has 2 aromatic heterocycles. The first-order valence-corrected chi connectivity index (χ1v) is 19.9. The minimum atomic E-state index is 1.12. The van der Waals surface area contributed by atoms with Crippen LogP contribution < -0.4 is 4.90 Å². The van der Waals surface area contributed by atoms with Gasteiger partial charge in [-0.1, -0.05) is 115 Å². The number of nitrogens with zero attached hydrogens (tertiary/aromatic N) is 3. The first kappa shape index (κ1) is 33.7. The Bertz CT molecular complexity index is 3230. The van der Waals surface area contributed by atoms with Gasteiger partial charge in [-0.05, 0) is 138 Å². The number of anilines is 3. The van der Waals surface area contributed by atoms with Crippen molar-refractivity contribution in [2.24, 2.45) is 0 Å². The van der Waals surface area contributed by atoms with Crippen molar-refractivity contribution in [1.82, 2.24) is 9.13 Å². The van der Waals surface area contributed by atoms with Crippen LogP contribution in [-0.4, -0.2) is 9.13 Å². The molecule has 0 amide bonds. The van der Waals surface area contributed by atoms with E-state index >= 15 is 0 Å². The van der Waals surface area contributed by atoms with Crippen molar-refractivity contribution in [3.63, 3.8) is 0 Å². The normalized spacial score (nSPS) is 11.5. The van der Waals surface area contributed by atoms with E-state index in [-0.39, 0.29) is 0 Å². The molecule has 2 heterocycles. The van der Waals surface area contributed by atoms with E-state index < -0.39 is 0 Å². The second-order valence-electron chi connectivity index (χ2n) is 15.1. The molecule has 9 aromatic carbocycles. The smallest absolute Gasteiger partial charge is 0.0541 e. The maximum absolute atomic E-state index is 2.42. The van der Waals surface area contributed by atoms with Crippen LogP contribution in [0.15, 0.2) is 218 Å². The lowest BCUT2D eigenvalue weighted by molar-refractivity contribution is 1.17. The largest absolute Gasteiger partial charge is 0.311 e. The van der Waals surface area contributed by atoms with Gasteiger partial charge in [0.15, 0.2) is 0 Å². The highest BCUT2D eigenvalue weighted by molar-refractivity contribution is 6.13. The molecule has 3 heteroatoms. The zero-order chi connectivity index (χ0) is 38.6. The van der Waals surface area contributed by atoms with Gasteiger partial charge in [-0.3, -0.25) is 0 Å². The van der Waals surface area contributed by atoms with Crippen molar-refractivity contribution < 1.29 is 0 Å². The number of rotatable bonds is 7. The van der Waals surface area contributed by atoms with E-state index in [1.54, 1.807) is 0 Å². The first-order chi connectivity index (χ1) is 28.7. The molecule has 0 aliphatic heterocycles. The van der Waals surface area contributed by atoms with Crippen LogP contribution in [0.3, 0.4) is 0 Å². The number of para-hydroxylation sites is 4. The number of aromatic nitrogens is 2. The van der Waals surface area contributed by atoms with E-state index in [0.29, 0.717) is 0 Å². The number of fused-ring (bicyclic) bond motifs is 6. The molecule has 0 radical (unpaired) electrons. The Morgan fingerprint density at radius 2 is 0.707 bits per heavy atom. The van der Waals surface area contributed by atoms with E-state index in [9.17, 15) is 0 Å². The van der Waals surface area contributed by atoms with Gasteiger partial charge in [0.1, 0.15) is 0 Å². The molecule has 0 bridgehead atoms. The lowest BCUT2D eigenvalue weighted by atomic mass is 9.99. The summed E-state index contributed by atoms with van der Waals surface area (Å²) in [6.07, 6.45) is 0. The minimum Gasteiger partial charge on any atom is -0.311 e. The molecule has 0 aliphatic carbocycles. The van der Waals surface area contributed by atoms with E-state index in [2.05, 4.69) is 239 Å². The molecule has 3 nitrogen and oxygen atoms in total. The average Bonchev–Trinajstić information content (AvgIpc) is 3.79. The Labute approximate surface area is 337 Å². The van der Waals surface area contributed by atoms with Gasteiger partial charge in [0.05, 0.1) is 22.1 Å². The molecule has 274 valence electrons. The third-order valence-electron chi connectivity index (χ3n) is 11.5. The summed E-state index contributed by atoms with van der Waals surface area (Å²) in [5, 5.41) is 4.98. The molecule has 0 unspecified atom stereocenters. The molecule has 11 rings (SSSR count). The molecule has 58 heavy (non-hydrogen) atoms. The van der Waals surface area contributed by atoms with Gasteiger partial charge in [-0.25, -0.2) is 0 Å². The third-order valence-corrected chi connectivity index (χ3v) is 11.5. The lowest BCUT2D eigenvalue weighted by Crippen LogP contribution is -2.09. The van der Waals surface area contributed by atoms with Crippen LogP contribution >= 0.6 is 0 Å². The maximum atomic E-state index is 2.42. The van der Waals surface area contributed by atoms with Crippen LogP contribution in [0, 0.1) is 6.92 Å². The van der Waals surface area contributed by atoms with Gasteiger partial charge in [0.2, 0.25) is 0 Å². The van der Waals surface area contributed by atoms with Crippen LogP contribution in [0.2, 0.25) is 0 Å². The maximum Gasteiger partial charge on any atom is 0.0541 e. The molecular formula is C55H39N3. The molecule has 0 aliphatic rings. The molecule has 0 spiro atoms. The first-order valence-electron chi connectivity index (χ1n) is 19.9. The molecule has 0 saturated carbocycles. The quantitative estimate of drug-likeness (QED) is 0.159. The van der Waals surface area contributed by atoms with Crippen molar-refractivity contribution in [3.8, 4) is 33.6 Å². The SMILES string of the molecule is Cc1cccc(-n2c3ccc(-c4ccc(N(c5ccccc5)c5ccccc5)cc4)cc3c3cc(-c4ccc5c(c4)c4ccccc4n5-c4ccccc4)ccc32)c1. The van der Waals surface area contributed by atoms with Crippen molar-refractivity contribution in [2.45, 2.75) is 6.92 Å². The topological polar surface area (TPSA) is 13.1 Å². The Morgan fingerprint density at radius 1 is 0.293 bits per heavy atom. The monoisotopic (exact) mass is 741 g/mol. The predicted molar refractivity (Wildman–Crippen MR) is 245 cm³/mol. The summed E-state index contributed by atoms with van der Waals surface area (Å²) in [5.41, 5.74) is 16.5. The van der Waals surface area contributed by atoms with E-state index in [1.807, 2.05) is 0 Å². The van der Waals surface area contributed by atoms with Crippen LogP contribution in [0.5, 0.6) is 0 Å². The number of aryl methyl sites for hydroxylation is 1. The second-order valence-corrected chi connectivity index (χ2v) is 15.1. The Balaban J connectivity index is 1.05. The van der Waals surface area contributed by atoms with Crippen molar-refractivity contribution in [1.29, 1.82) is 0 Å². The van der Waals surface area contributed by atoms with E-state index in [0.717, 1.165) is 17.1 Å². The number of hydrogen-bond donors (Lipinski definition) is 0. The zero-order valence-corrected chi connectivity index (χ0v) is 32.1. The predicted octanol–water partition coefficient (Wildman–Crippen LogP) is 15.0. The van der Waals surface area contributed by atoms with Crippen LogP contribution in [0.25, 0.3) is 77.2 Å². The van der Waals surface area contributed by atoms with Gasteiger partial charge in [-0.2, -0.15) is 0 Å². The second kappa shape index (κ2) is 13.8. The highest BCUT2D eigenvalue weighted by atomic mass is 15.1. The molecule has 11 aromatic rings. The fraction of sp³-hybridized carbons (Fsp3) is 0.0182. The standard InChI is InChI=1S/C55H39N3/c1-38-14-13-21-47(34-38)58-54-31-26-40(39-24-29-46(30-25-39)56(43-15-5-2-6-16-43)44-17-7-3-8-18-44)35-50(54)51-37-42(28-33-55(51)58)41-27-32-53-49(36-41)48-22-11-12-23-52(48)57(53)45-19-9-4-10-20-45/h2-37H,1H3. The number of hydrogen-bond acceptors (Lipinski definition) is 1. The molecule has 0 atom stereocenters. The zero-order valence-electron chi connectivity index (χ0n) is 32.1. The van der Waals surface area contributed by atoms with Crippen LogP contribution in [0.4, 0.5) is 17.1 Å². The van der Waals surface area contributed by atoms with Gasteiger partial charge >= 0.3 is 0 Å². The molecular weight excluding hydrogens is 703 g/mol. The van der Waals surface area contributed by atoms with Crippen LogP contribution in [-0.2, 0) is 0 Å². The van der Waals surface area contributed by atoms with Gasteiger partial charge < -0.3 is 14.0 Å². The summed E-state index contributed by atoms with van der Waals surface area (Å²) in [7, 11) is 0. The highest BCUT2D eigenvalue weighted by Crippen LogP contribution is 2.41. The summed E-state index contributed by atoms with van der Waals surface area (Å²) >= 11 is 0. The summed E-state index contributed by atoms with van der Waals surface area (Å²) in [6.45, 7) is 2.17. The molecule has 0 saturated heterocycles. The minimum absolute atomic E-state index is 1.12. The average molecular weight is 742 g/mol.